The number of hydrogen-bond acceptors (Lipinski definition) is 4. The summed E-state index contributed by atoms with van der Waals surface area (Å²) in [7, 11) is 1.56. The van der Waals surface area contributed by atoms with Gasteiger partial charge in [-0.25, -0.2) is 4.98 Å². The van der Waals surface area contributed by atoms with Gasteiger partial charge in [0.25, 0.3) is 0 Å². The van der Waals surface area contributed by atoms with Crippen LogP contribution in [0.5, 0.6) is 5.88 Å². The van der Waals surface area contributed by atoms with E-state index in [9.17, 15) is 0 Å². The molecule has 4 nitrogen and oxygen atoms in total. The second-order valence-electron chi connectivity index (χ2n) is 3.62. The molecule has 0 amide bonds. The Balaban J connectivity index is 3.12. The number of rotatable bonds is 3. The molecule has 1 aromatic rings. The van der Waals surface area contributed by atoms with Gasteiger partial charge in [-0.2, -0.15) is 0 Å². The lowest BCUT2D eigenvalue weighted by molar-refractivity contribution is 0.209. The summed E-state index contributed by atoms with van der Waals surface area (Å²) in [6, 6.07) is 1.80. The minimum Gasteiger partial charge on any atom is -0.481 e. The number of pyridine rings is 1. The van der Waals surface area contributed by atoms with Gasteiger partial charge < -0.3 is 15.6 Å². The topological polar surface area (TPSA) is 68.4 Å². The standard InChI is InChI=1S/C10H16N2O2/c1-7-4-9(14-3)12-5-8(7)10(2,11)6-13/h4-5,13H,6,11H2,1-3H3/t10-/m1/s1. The summed E-state index contributed by atoms with van der Waals surface area (Å²) < 4.78 is 4.98. The maximum Gasteiger partial charge on any atom is 0.213 e. The second-order valence-corrected chi connectivity index (χ2v) is 3.62. The van der Waals surface area contributed by atoms with Crippen molar-refractivity contribution in [1.29, 1.82) is 0 Å². The monoisotopic (exact) mass is 196 g/mol. The molecule has 14 heavy (non-hydrogen) atoms. The molecule has 0 aliphatic carbocycles. The lowest BCUT2D eigenvalue weighted by atomic mass is 9.92. The Morgan fingerprint density at radius 1 is 1.64 bits per heavy atom. The number of hydrogen-bond donors (Lipinski definition) is 2. The van der Waals surface area contributed by atoms with Crippen LogP contribution in [0.4, 0.5) is 0 Å². The van der Waals surface area contributed by atoms with E-state index in [0.29, 0.717) is 5.88 Å². The van der Waals surface area contributed by atoms with Crippen molar-refractivity contribution in [3.63, 3.8) is 0 Å². The average molecular weight is 196 g/mol. The average Bonchev–Trinajstić information content (AvgIpc) is 2.17. The molecule has 0 aromatic carbocycles. The van der Waals surface area contributed by atoms with Gasteiger partial charge in [-0.05, 0) is 25.0 Å². The second kappa shape index (κ2) is 3.94. The van der Waals surface area contributed by atoms with Gasteiger partial charge in [0.1, 0.15) is 0 Å². The molecule has 1 aromatic heterocycles. The number of ether oxygens (including phenoxy) is 1. The number of nitrogens with two attached hydrogens (primary N) is 1. The van der Waals surface area contributed by atoms with Crippen molar-refractivity contribution in [3.05, 3.63) is 23.4 Å². The summed E-state index contributed by atoms with van der Waals surface area (Å²) in [6.07, 6.45) is 1.64. The molecule has 1 atom stereocenters. The molecule has 0 bridgehead atoms. The van der Waals surface area contributed by atoms with E-state index in [1.54, 1.807) is 26.3 Å². The fourth-order valence-corrected chi connectivity index (χ4v) is 1.32. The number of aliphatic hydroxyl groups is 1. The van der Waals surface area contributed by atoms with Crippen molar-refractivity contribution in [2.75, 3.05) is 13.7 Å². The zero-order valence-corrected chi connectivity index (χ0v) is 8.74. The van der Waals surface area contributed by atoms with Crippen molar-refractivity contribution < 1.29 is 9.84 Å². The Bertz CT molecular complexity index is 324. The summed E-state index contributed by atoms with van der Waals surface area (Å²) in [5.41, 5.74) is 6.95. The molecule has 0 saturated carbocycles. The first kappa shape index (κ1) is 10.9. The molecule has 0 radical (unpaired) electrons. The summed E-state index contributed by atoms with van der Waals surface area (Å²) in [5.74, 6) is 0.556. The number of nitrogens with zero attached hydrogens (tertiary/aromatic N) is 1. The predicted molar refractivity (Wildman–Crippen MR) is 54.2 cm³/mol. The highest BCUT2D eigenvalue weighted by molar-refractivity contribution is 5.33. The van der Waals surface area contributed by atoms with E-state index in [0.717, 1.165) is 11.1 Å². The van der Waals surface area contributed by atoms with E-state index in [1.807, 2.05) is 6.92 Å². The number of aryl methyl sites for hydroxylation is 1. The van der Waals surface area contributed by atoms with Crippen LogP contribution in [0.1, 0.15) is 18.1 Å². The van der Waals surface area contributed by atoms with Crippen LogP contribution in [-0.2, 0) is 5.54 Å². The fraction of sp³-hybridized carbons (Fsp3) is 0.500. The summed E-state index contributed by atoms with van der Waals surface area (Å²) in [5, 5.41) is 9.11. The fourth-order valence-electron chi connectivity index (χ4n) is 1.32. The van der Waals surface area contributed by atoms with Gasteiger partial charge in [-0.15, -0.1) is 0 Å². The van der Waals surface area contributed by atoms with Gasteiger partial charge in [0, 0.05) is 12.3 Å². The molecule has 0 aliphatic rings. The highest BCUT2D eigenvalue weighted by atomic mass is 16.5. The molecular formula is C10H16N2O2. The molecule has 0 spiro atoms. The van der Waals surface area contributed by atoms with E-state index in [-0.39, 0.29) is 6.61 Å². The van der Waals surface area contributed by atoms with E-state index in [4.69, 9.17) is 15.6 Å². The van der Waals surface area contributed by atoms with E-state index >= 15 is 0 Å². The minimum absolute atomic E-state index is 0.109. The van der Waals surface area contributed by atoms with Gasteiger partial charge in [-0.3, -0.25) is 0 Å². The van der Waals surface area contributed by atoms with Crippen LogP contribution in [0, 0.1) is 6.92 Å². The number of aromatic nitrogens is 1. The van der Waals surface area contributed by atoms with Gasteiger partial charge in [0.15, 0.2) is 0 Å². The van der Waals surface area contributed by atoms with Crippen LogP contribution in [0.3, 0.4) is 0 Å². The first-order valence-electron chi connectivity index (χ1n) is 4.42. The number of aliphatic hydroxyl groups excluding tert-OH is 1. The third-order valence-corrected chi connectivity index (χ3v) is 2.24. The van der Waals surface area contributed by atoms with Crippen molar-refractivity contribution in [2.24, 2.45) is 5.73 Å². The first-order valence-corrected chi connectivity index (χ1v) is 4.42. The molecule has 0 unspecified atom stereocenters. The Kier molecular flexibility index (Phi) is 3.08. The Labute approximate surface area is 83.7 Å². The molecule has 1 heterocycles. The van der Waals surface area contributed by atoms with Gasteiger partial charge >= 0.3 is 0 Å². The first-order chi connectivity index (χ1) is 6.51. The zero-order valence-electron chi connectivity index (χ0n) is 8.74. The van der Waals surface area contributed by atoms with Crippen LogP contribution < -0.4 is 10.5 Å². The Hall–Kier alpha value is -1.13. The molecule has 3 N–H and O–H groups in total. The maximum absolute atomic E-state index is 9.11. The van der Waals surface area contributed by atoms with Crippen LogP contribution in [0.25, 0.3) is 0 Å². The van der Waals surface area contributed by atoms with Crippen molar-refractivity contribution in [2.45, 2.75) is 19.4 Å². The summed E-state index contributed by atoms with van der Waals surface area (Å²) in [6.45, 7) is 3.58. The molecule has 4 heteroatoms. The molecule has 0 aliphatic heterocycles. The highest BCUT2D eigenvalue weighted by Gasteiger charge is 2.22. The lowest BCUT2D eigenvalue weighted by Gasteiger charge is -2.23. The lowest BCUT2D eigenvalue weighted by Crippen LogP contribution is -2.37. The van der Waals surface area contributed by atoms with Crippen molar-refractivity contribution in [1.82, 2.24) is 4.98 Å². The molecule has 78 valence electrons. The quantitative estimate of drug-likeness (QED) is 0.741. The van der Waals surface area contributed by atoms with Gasteiger partial charge in [0.05, 0.1) is 19.3 Å². The van der Waals surface area contributed by atoms with E-state index < -0.39 is 5.54 Å². The van der Waals surface area contributed by atoms with Crippen molar-refractivity contribution >= 4 is 0 Å². The predicted octanol–water partition coefficient (Wildman–Crippen LogP) is 0.565. The van der Waals surface area contributed by atoms with Crippen LogP contribution in [0.2, 0.25) is 0 Å². The third kappa shape index (κ3) is 2.02. The maximum atomic E-state index is 9.11. The molecule has 0 fully saturated rings. The number of methoxy groups -OCH3 is 1. The van der Waals surface area contributed by atoms with Gasteiger partial charge in [0.2, 0.25) is 5.88 Å². The van der Waals surface area contributed by atoms with Crippen molar-refractivity contribution in [3.8, 4) is 5.88 Å². The van der Waals surface area contributed by atoms with Crippen LogP contribution in [-0.4, -0.2) is 23.8 Å². The summed E-state index contributed by atoms with van der Waals surface area (Å²) >= 11 is 0. The molecule has 1 rings (SSSR count). The SMILES string of the molecule is COc1cc(C)c([C@](C)(N)CO)cn1. The van der Waals surface area contributed by atoms with E-state index in [1.165, 1.54) is 0 Å². The molecule has 0 saturated heterocycles. The Morgan fingerprint density at radius 3 is 2.71 bits per heavy atom. The minimum atomic E-state index is -0.747. The van der Waals surface area contributed by atoms with E-state index in [2.05, 4.69) is 4.98 Å². The Morgan fingerprint density at radius 2 is 2.29 bits per heavy atom. The smallest absolute Gasteiger partial charge is 0.213 e. The van der Waals surface area contributed by atoms with Crippen LogP contribution in [0.15, 0.2) is 12.3 Å². The molecular weight excluding hydrogens is 180 g/mol. The normalized spacial score (nSPS) is 14.9. The third-order valence-electron chi connectivity index (χ3n) is 2.24. The summed E-state index contributed by atoms with van der Waals surface area (Å²) in [4.78, 5) is 4.06. The van der Waals surface area contributed by atoms with Crippen LogP contribution >= 0.6 is 0 Å². The van der Waals surface area contributed by atoms with Gasteiger partial charge in [-0.1, -0.05) is 0 Å². The highest BCUT2D eigenvalue weighted by Crippen LogP contribution is 2.22. The zero-order chi connectivity index (χ0) is 10.8. The largest absolute Gasteiger partial charge is 0.481 e.